The van der Waals surface area contributed by atoms with E-state index >= 15 is 0 Å². The fourth-order valence-electron chi connectivity index (χ4n) is 5.23. The van der Waals surface area contributed by atoms with E-state index in [0.717, 1.165) is 51.7 Å². The van der Waals surface area contributed by atoms with Crippen molar-refractivity contribution >= 4 is 12.2 Å². The summed E-state index contributed by atoms with van der Waals surface area (Å²) in [5.41, 5.74) is -0.0563. The number of carbonyl (C=O) groups is 2. The molecule has 3 heterocycles. The number of piperidine rings is 1. The van der Waals surface area contributed by atoms with Crippen molar-refractivity contribution in [2.24, 2.45) is 5.41 Å². The molecule has 3 aliphatic heterocycles. The zero-order valence-corrected chi connectivity index (χ0v) is 15.2. The number of nitrogens with zero attached hydrogens (tertiary/aromatic N) is 3. The molecule has 1 N–H and O–H groups in total. The first-order valence-electron chi connectivity index (χ1n) is 9.53. The number of amides is 2. The van der Waals surface area contributed by atoms with Crippen molar-refractivity contribution in [3.63, 3.8) is 0 Å². The van der Waals surface area contributed by atoms with Crippen molar-refractivity contribution in [3.05, 3.63) is 0 Å². The van der Waals surface area contributed by atoms with E-state index in [1.807, 2.05) is 18.7 Å². The fourth-order valence-corrected chi connectivity index (χ4v) is 5.23. The Balaban J connectivity index is 1.28. The number of hydrogen-bond donors (Lipinski definition) is 1. The quantitative estimate of drug-likeness (QED) is 0.826. The standard InChI is InChI=1S/C18H29N3O4/c1-13(2)21-12-18(25-16(21)24)4-7-19(8-5-18)14-9-17(10-14)3-6-20(11-17)15(22)23/h13-14H,3-12H2,1-2H3,(H,22,23). The van der Waals surface area contributed by atoms with Crippen LogP contribution in [-0.4, -0.2) is 82.4 Å². The van der Waals surface area contributed by atoms with Crippen LogP contribution < -0.4 is 0 Å². The number of ether oxygens (including phenoxy) is 1. The highest BCUT2D eigenvalue weighted by Gasteiger charge is 2.53. The van der Waals surface area contributed by atoms with Gasteiger partial charge in [0.25, 0.3) is 0 Å². The molecule has 4 rings (SSSR count). The van der Waals surface area contributed by atoms with Crippen LogP contribution >= 0.6 is 0 Å². The first-order valence-corrected chi connectivity index (χ1v) is 9.53. The average Bonchev–Trinajstić information content (AvgIpc) is 3.10. The minimum Gasteiger partial charge on any atom is -0.465 e. The smallest absolute Gasteiger partial charge is 0.410 e. The third-order valence-electron chi connectivity index (χ3n) is 6.89. The lowest BCUT2D eigenvalue weighted by atomic mass is 9.64. The van der Waals surface area contributed by atoms with Gasteiger partial charge in [-0.05, 0) is 38.5 Å². The Morgan fingerprint density at radius 2 is 1.84 bits per heavy atom. The Morgan fingerprint density at radius 1 is 1.16 bits per heavy atom. The van der Waals surface area contributed by atoms with Crippen molar-refractivity contribution in [2.75, 3.05) is 32.7 Å². The first-order chi connectivity index (χ1) is 11.8. The van der Waals surface area contributed by atoms with E-state index in [2.05, 4.69) is 4.90 Å². The maximum atomic E-state index is 12.1. The Bertz CT molecular complexity index is 565. The van der Waals surface area contributed by atoms with Gasteiger partial charge in [-0.3, -0.25) is 0 Å². The van der Waals surface area contributed by atoms with Gasteiger partial charge in [-0.25, -0.2) is 9.59 Å². The summed E-state index contributed by atoms with van der Waals surface area (Å²) < 4.78 is 5.77. The summed E-state index contributed by atoms with van der Waals surface area (Å²) in [7, 11) is 0. The van der Waals surface area contributed by atoms with Crippen LogP contribution in [0.1, 0.15) is 46.0 Å². The van der Waals surface area contributed by atoms with Crippen LogP contribution in [0.3, 0.4) is 0 Å². The summed E-state index contributed by atoms with van der Waals surface area (Å²) in [6, 6.07) is 0.764. The summed E-state index contributed by atoms with van der Waals surface area (Å²) in [6.07, 6.45) is 4.11. The molecule has 0 radical (unpaired) electrons. The van der Waals surface area contributed by atoms with Gasteiger partial charge in [0.2, 0.25) is 0 Å². The van der Waals surface area contributed by atoms with E-state index in [0.29, 0.717) is 19.1 Å². The van der Waals surface area contributed by atoms with Crippen molar-refractivity contribution in [2.45, 2.75) is 63.6 Å². The van der Waals surface area contributed by atoms with Crippen molar-refractivity contribution in [1.82, 2.24) is 14.7 Å². The molecule has 0 aromatic carbocycles. The third kappa shape index (κ3) is 2.86. The minimum atomic E-state index is -0.780. The molecule has 0 aromatic heterocycles. The fraction of sp³-hybridized carbons (Fsp3) is 0.889. The second-order valence-corrected chi connectivity index (χ2v) is 8.82. The van der Waals surface area contributed by atoms with Crippen LogP contribution in [0.4, 0.5) is 9.59 Å². The zero-order valence-electron chi connectivity index (χ0n) is 15.2. The van der Waals surface area contributed by atoms with Crippen molar-refractivity contribution in [1.29, 1.82) is 0 Å². The normalized spacial score (nSPS) is 34.8. The Labute approximate surface area is 148 Å². The highest BCUT2D eigenvalue weighted by Crippen LogP contribution is 2.51. The van der Waals surface area contributed by atoms with E-state index < -0.39 is 6.09 Å². The van der Waals surface area contributed by atoms with Gasteiger partial charge in [-0.2, -0.15) is 0 Å². The SMILES string of the molecule is CC(C)N1CC2(CCN(C3CC4(CCN(C(=O)O)C4)C3)CC2)OC1=O. The second-order valence-electron chi connectivity index (χ2n) is 8.82. The largest absolute Gasteiger partial charge is 0.465 e. The first kappa shape index (κ1) is 16.9. The molecule has 4 aliphatic rings. The average molecular weight is 351 g/mol. The van der Waals surface area contributed by atoms with E-state index in [4.69, 9.17) is 9.84 Å². The summed E-state index contributed by atoms with van der Waals surface area (Å²) >= 11 is 0. The van der Waals surface area contributed by atoms with Crippen LogP contribution in [0.25, 0.3) is 0 Å². The molecule has 4 fully saturated rings. The van der Waals surface area contributed by atoms with Crippen LogP contribution in [-0.2, 0) is 4.74 Å². The van der Waals surface area contributed by atoms with E-state index in [1.54, 1.807) is 4.90 Å². The molecule has 0 unspecified atom stereocenters. The predicted octanol–water partition coefficient (Wildman–Crippen LogP) is 2.21. The predicted molar refractivity (Wildman–Crippen MR) is 91.5 cm³/mol. The summed E-state index contributed by atoms with van der Waals surface area (Å²) in [6.45, 7) is 8.13. The minimum absolute atomic E-state index is 0.161. The summed E-state index contributed by atoms with van der Waals surface area (Å²) in [5.74, 6) is 0. The van der Waals surface area contributed by atoms with E-state index in [9.17, 15) is 9.59 Å². The van der Waals surface area contributed by atoms with Gasteiger partial charge < -0.3 is 24.5 Å². The molecule has 1 aliphatic carbocycles. The van der Waals surface area contributed by atoms with Gasteiger partial charge in [0, 0.05) is 51.1 Å². The number of rotatable bonds is 2. The van der Waals surface area contributed by atoms with E-state index in [-0.39, 0.29) is 23.2 Å². The van der Waals surface area contributed by atoms with E-state index in [1.165, 1.54) is 0 Å². The Morgan fingerprint density at radius 3 is 2.36 bits per heavy atom. The highest BCUT2D eigenvalue weighted by molar-refractivity contribution is 5.71. The molecule has 2 spiro atoms. The molecule has 3 saturated heterocycles. The van der Waals surface area contributed by atoms with Crippen LogP contribution in [0, 0.1) is 5.41 Å². The molecule has 0 bridgehead atoms. The number of hydrogen-bond acceptors (Lipinski definition) is 4. The molecule has 2 amide bonds. The lowest BCUT2D eigenvalue weighted by Crippen LogP contribution is -2.57. The maximum Gasteiger partial charge on any atom is 0.410 e. The second kappa shape index (κ2) is 5.76. The molecule has 0 atom stereocenters. The van der Waals surface area contributed by atoms with Gasteiger partial charge in [0.05, 0.1) is 6.54 Å². The lowest BCUT2D eigenvalue weighted by Gasteiger charge is -2.52. The topological polar surface area (TPSA) is 73.3 Å². The maximum absolute atomic E-state index is 12.1. The summed E-state index contributed by atoms with van der Waals surface area (Å²) in [4.78, 5) is 29.1. The third-order valence-corrected chi connectivity index (χ3v) is 6.89. The molecule has 0 aromatic rings. The van der Waals surface area contributed by atoms with Gasteiger partial charge in [0.1, 0.15) is 5.60 Å². The number of likely N-dealkylation sites (tertiary alicyclic amines) is 2. The molecule has 7 heteroatoms. The Hall–Kier alpha value is -1.50. The monoisotopic (exact) mass is 351 g/mol. The van der Waals surface area contributed by atoms with Crippen LogP contribution in [0.2, 0.25) is 0 Å². The van der Waals surface area contributed by atoms with Crippen molar-refractivity contribution < 1.29 is 19.4 Å². The van der Waals surface area contributed by atoms with Gasteiger partial charge in [-0.1, -0.05) is 0 Å². The van der Waals surface area contributed by atoms with Gasteiger partial charge in [-0.15, -0.1) is 0 Å². The van der Waals surface area contributed by atoms with Crippen LogP contribution in [0.15, 0.2) is 0 Å². The molecule has 1 saturated carbocycles. The molecular weight excluding hydrogens is 322 g/mol. The number of carboxylic acid groups (broad SMARTS) is 1. The molecule has 7 nitrogen and oxygen atoms in total. The molecule has 140 valence electrons. The molecular formula is C18H29N3O4. The Kier molecular flexibility index (Phi) is 3.90. The lowest BCUT2D eigenvalue weighted by molar-refractivity contribution is -0.0509. The van der Waals surface area contributed by atoms with Crippen molar-refractivity contribution in [3.8, 4) is 0 Å². The summed E-state index contributed by atoms with van der Waals surface area (Å²) in [5, 5.41) is 9.15. The van der Waals surface area contributed by atoms with Gasteiger partial charge >= 0.3 is 12.2 Å². The number of carbonyl (C=O) groups excluding carboxylic acids is 1. The zero-order chi connectivity index (χ0) is 17.8. The highest BCUT2D eigenvalue weighted by atomic mass is 16.6. The van der Waals surface area contributed by atoms with Crippen LogP contribution in [0.5, 0.6) is 0 Å². The molecule has 25 heavy (non-hydrogen) atoms. The van der Waals surface area contributed by atoms with Gasteiger partial charge in [0.15, 0.2) is 0 Å².